The van der Waals surface area contributed by atoms with Crippen molar-refractivity contribution in [2.75, 3.05) is 6.61 Å². The Kier molecular flexibility index (Phi) is 5.40. The van der Waals surface area contributed by atoms with E-state index in [9.17, 15) is 0 Å². The van der Waals surface area contributed by atoms with E-state index in [1.54, 1.807) is 0 Å². The molecular weight excluding hydrogens is 258 g/mol. The summed E-state index contributed by atoms with van der Waals surface area (Å²) in [7, 11) is 0. The molecule has 0 aliphatic carbocycles. The summed E-state index contributed by atoms with van der Waals surface area (Å²) >= 11 is 0. The van der Waals surface area contributed by atoms with Gasteiger partial charge in [-0.25, -0.2) is 0 Å². The Morgan fingerprint density at radius 3 is 2.52 bits per heavy atom. The highest BCUT2D eigenvalue weighted by Gasteiger charge is 2.06. The van der Waals surface area contributed by atoms with Crippen LogP contribution in [0.2, 0.25) is 0 Å². The summed E-state index contributed by atoms with van der Waals surface area (Å²) in [5.74, 6) is 0.924. The van der Waals surface area contributed by atoms with Crippen molar-refractivity contribution in [3.05, 3.63) is 64.7 Å². The molecule has 0 bridgehead atoms. The minimum atomic E-state index is 0.136. The number of aryl methyl sites for hydroxylation is 3. The van der Waals surface area contributed by atoms with Crippen LogP contribution in [0.4, 0.5) is 0 Å². The molecule has 112 valence electrons. The number of ether oxygens (including phenoxy) is 1. The summed E-state index contributed by atoms with van der Waals surface area (Å²) in [6.45, 7) is 7.01. The molecule has 0 spiro atoms. The lowest BCUT2D eigenvalue weighted by molar-refractivity contribution is 0.297. The van der Waals surface area contributed by atoms with E-state index in [-0.39, 0.29) is 6.04 Å². The molecule has 0 fully saturated rings. The molecule has 0 amide bonds. The first kappa shape index (κ1) is 15.6. The highest BCUT2D eigenvalue weighted by Crippen LogP contribution is 2.14. The van der Waals surface area contributed by atoms with Crippen LogP contribution < -0.4 is 10.5 Å². The monoisotopic (exact) mass is 283 g/mol. The zero-order valence-corrected chi connectivity index (χ0v) is 13.2. The Balaban J connectivity index is 1.79. The predicted octanol–water partition coefficient (Wildman–Crippen LogP) is 3.95. The molecule has 0 aliphatic rings. The van der Waals surface area contributed by atoms with E-state index in [0.717, 1.165) is 18.6 Å². The standard InChI is InChI=1S/C19H25NO/c1-14-5-4-6-19(11-14)21-10-9-18(20)13-17-8-7-15(2)16(3)12-17/h4-8,11-12,18H,9-10,13,20H2,1-3H3. The Labute approximate surface area is 127 Å². The summed E-state index contributed by atoms with van der Waals surface area (Å²) in [6, 6.07) is 14.8. The quantitative estimate of drug-likeness (QED) is 0.871. The van der Waals surface area contributed by atoms with Crippen molar-refractivity contribution in [1.82, 2.24) is 0 Å². The van der Waals surface area contributed by atoms with Gasteiger partial charge in [-0.3, -0.25) is 0 Å². The maximum atomic E-state index is 6.21. The molecule has 0 saturated carbocycles. The van der Waals surface area contributed by atoms with Gasteiger partial charge < -0.3 is 10.5 Å². The first-order chi connectivity index (χ1) is 10.0. The average Bonchev–Trinajstić information content (AvgIpc) is 2.43. The smallest absolute Gasteiger partial charge is 0.119 e. The van der Waals surface area contributed by atoms with Crippen molar-refractivity contribution in [2.45, 2.75) is 39.7 Å². The first-order valence-electron chi connectivity index (χ1n) is 7.56. The summed E-state index contributed by atoms with van der Waals surface area (Å²) in [5, 5.41) is 0. The molecule has 2 aromatic rings. The molecule has 0 aromatic heterocycles. The van der Waals surface area contributed by atoms with Crippen molar-refractivity contribution in [2.24, 2.45) is 5.73 Å². The van der Waals surface area contributed by atoms with Crippen LogP contribution >= 0.6 is 0 Å². The van der Waals surface area contributed by atoms with E-state index in [2.05, 4.69) is 51.1 Å². The molecule has 2 heteroatoms. The van der Waals surface area contributed by atoms with E-state index in [4.69, 9.17) is 10.5 Å². The highest BCUT2D eigenvalue weighted by molar-refractivity contribution is 5.30. The molecular formula is C19H25NO. The second-order valence-electron chi connectivity index (χ2n) is 5.84. The lowest BCUT2D eigenvalue weighted by Gasteiger charge is -2.14. The molecule has 2 N–H and O–H groups in total. The number of nitrogens with two attached hydrogens (primary N) is 1. The topological polar surface area (TPSA) is 35.2 Å². The van der Waals surface area contributed by atoms with Crippen LogP contribution in [-0.4, -0.2) is 12.6 Å². The number of rotatable bonds is 6. The van der Waals surface area contributed by atoms with Crippen LogP contribution in [-0.2, 0) is 6.42 Å². The second kappa shape index (κ2) is 7.28. The number of hydrogen-bond acceptors (Lipinski definition) is 2. The summed E-state index contributed by atoms with van der Waals surface area (Å²) in [6.07, 6.45) is 1.76. The average molecular weight is 283 g/mol. The molecule has 0 heterocycles. The van der Waals surface area contributed by atoms with Gasteiger partial charge in [0.1, 0.15) is 5.75 Å². The fourth-order valence-corrected chi connectivity index (χ4v) is 2.37. The van der Waals surface area contributed by atoms with E-state index in [0.29, 0.717) is 6.61 Å². The Morgan fingerprint density at radius 1 is 1.00 bits per heavy atom. The SMILES string of the molecule is Cc1cccc(OCCC(N)Cc2ccc(C)c(C)c2)c1. The summed E-state index contributed by atoms with van der Waals surface area (Å²) in [5.41, 5.74) is 11.4. The van der Waals surface area contributed by atoms with Crippen LogP contribution in [0.25, 0.3) is 0 Å². The third kappa shape index (κ3) is 4.91. The van der Waals surface area contributed by atoms with Crippen LogP contribution in [0.3, 0.4) is 0 Å². The number of benzene rings is 2. The largest absolute Gasteiger partial charge is 0.494 e. The third-order valence-corrected chi connectivity index (χ3v) is 3.82. The molecule has 0 radical (unpaired) electrons. The van der Waals surface area contributed by atoms with E-state index >= 15 is 0 Å². The number of hydrogen-bond donors (Lipinski definition) is 1. The van der Waals surface area contributed by atoms with Crippen molar-refractivity contribution in [3.63, 3.8) is 0 Å². The molecule has 1 unspecified atom stereocenters. The Morgan fingerprint density at radius 2 is 1.81 bits per heavy atom. The van der Waals surface area contributed by atoms with Gasteiger partial charge in [0.2, 0.25) is 0 Å². The fourth-order valence-electron chi connectivity index (χ4n) is 2.37. The minimum Gasteiger partial charge on any atom is -0.494 e. The van der Waals surface area contributed by atoms with Crippen molar-refractivity contribution in [3.8, 4) is 5.75 Å². The zero-order chi connectivity index (χ0) is 15.2. The predicted molar refractivity (Wildman–Crippen MR) is 88.9 cm³/mol. The van der Waals surface area contributed by atoms with E-state index in [1.807, 2.05) is 12.1 Å². The van der Waals surface area contributed by atoms with Crippen molar-refractivity contribution in [1.29, 1.82) is 0 Å². The molecule has 0 saturated heterocycles. The van der Waals surface area contributed by atoms with Gasteiger partial charge in [-0.05, 0) is 68.0 Å². The van der Waals surface area contributed by atoms with Gasteiger partial charge in [0.05, 0.1) is 6.61 Å². The molecule has 21 heavy (non-hydrogen) atoms. The third-order valence-electron chi connectivity index (χ3n) is 3.82. The van der Waals surface area contributed by atoms with Gasteiger partial charge in [0.15, 0.2) is 0 Å². The molecule has 2 aromatic carbocycles. The van der Waals surface area contributed by atoms with Gasteiger partial charge in [0.25, 0.3) is 0 Å². The van der Waals surface area contributed by atoms with Crippen LogP contribution in [0.15, 0.2) is 42.5 Å². The zero-order valence-electron chi connectivity index (χ0n) is 13.2. The van der Waals surface area contributed by atoms with E-state index < -0.39 is 0 Å². The van der Waals surface area contributed by atoms with Crippen LogP contribution in [0.1, 0.15) is 28.7 Å². The van der Waals surface area contributed by atoms with E-state index in [1.165, 1.54) is 22.3 Å². The van der Waals surface area contributed by atoms with Gasteiger partial charge >= 0.3 is 0 Å². The van der Waals surface area contributed by atoms with Gasteiger partial charge in [-0.2, -0.15) is 0 Å². The highest BCUT2D eigenvalue weighted by atomic mass is 16.5. The van der Waals surface area contributed by atoms with Gasteiger partial charge in [-0.15, -0.1) is 0 Å². The van der Waals surface area contributed by atoms with Crippen molar-refractivity contribution < 1.29 is 4.74 Å². The maximum Gasteiger partial charge on any atom is 0.119 e. The molecule has 2 nitrogen and oxygen atoms in total. The van der Waals surface area contributed by atoms with Crippen LogP contribution in [0.5, 0.6) is 5.75 Å². The fraction of sp³-hybridized carbons (Fsp3) is 0.368. The Bertz CT molecular complexity index is 592. The summed E-state index contributed by atoms with van der Waals surface area (Å²) < 4.78 is 5.76. The van der Waals surface area contributed by atoms with Crippen LogP contribution in [0, 0.1) is 20.8 Å². The minimum absolute atomic E-state index is 0.136. The summed E-state index contributed by atoms with van der Waals surface area (Å²) in [4.78, 5) is 0. The normalized spacial score (nSPS) is 12.2. The second-order valence-corrected chi connectivity index (χ2v) is 5.84. The van der Waals surface area contributed by atoms with Crippen molar-refractivity contribution >= 4 is 0 Å². The Hall–Kier alpha value is -1.80. The van der Waals surface area contributed by atoms with Gasteiger partial charge in [0, 0.05) is 6.04 Å². The lowest BCUT2D eigenvalue weighted by atomic mass is 10.00. The molecule has 0 aliphatic heterocycles. The lowest BCUT2D eigenvalue weighted by Crippen LogP contribution is -2.25. The maximum absolute atomic E-state index is 6.21. The van der Waals surface area contributed by atoms with Gasteiger partial charge in [-0.1, -0.05) is 30.3 Å². The first-order valence-corrected chi connectivity index (χ1v) is 7.56. The molecule has 2 rings (SSSR count). The molecule has 1 atom stereocenters.